The third kappa shape index (κ3) is 2.90. The molecule has 0 spiro atoms. The van der Waals surface area contributed by atoms with Crippen LogP contribution in [-0.4, -0.2) is 53.0 Å². The van der Waals surface area contributed by atoms with Crippen molar-refractivity contribution in [1.82, 2.24) is 9.88 Å². The lowest BCUT2D eigenvalue weighted by atomic mass is 9.84. The van der Waals surface area contributed by atoms with Gasteiger partial charge in [-0.2, -0.15) is 0 Å². The molecule has 4 rings (SSSR count). The summed E-state index contributed by atoms with van der Waals surface area (Å²) in [6.45, 7) is 3.20. The van der Waals surface area contributed by atoms with Crippen LogP contribution < -0.4 is 4.90 Å². The summed E-state index contributed by atoms with van der Waals surface area (Å²) in [7, 11) is 0. The average Bonchev–Trinajstić information content (AvgIpc) is 2.96. The number of anilines is 1. The van der Waals surface area contributed by atoms with Crippen LogP contribution in [0.15, 0.2) is 0 Å². The molecule has 2 aliphatic carbocycles. The molecule has 3 aliphatic rings. The largest absolute Gasteiger partial charge is 0.481 e. The SMILES string of the molecule is O=C(O)[C@@H]1CCc2nc(N3CCN(C(=O)C4CCC4)CC3)sc2C1. The van der Waals surface area contributed by atoms with E-state index < -0.39 is 5.97 Å². The van der Waals surface area contributed by atoms with Crippen molar-refractivity contribution in [2.45, 2.75) is 38.5 Å². The Hall–Kier alpha value is -1.63. The molecule has 130 valence electrons. The van der Waals surface area contributed by atoms with Crippen LogP contribution in [0.4, 0.5) is 5.13 Å². The number of thiazole rings is 1. The van der Waals surface area contributed by atoms with Gasteiger partial charge in [0.1, 0.15) is 0 Å². The molecule has 1 atom stereocenters. The van der Waals surface area contributed by atoms with E-state index in [4.69, 9.17) is 4.98 Å². The molecule has 2 heterocycles. The first-order chi connectivity index (χ1) is 11.6. The predicted molar refractivity (Wildman–Crippen MR) is 91.4 cm³/mol. The van der Waals surface area contributed by atoms with Gasteiger partial charge in [0.05, 0.1) is 11.6 Å². The lowest BCUT2D eigenvalue weighted by molar-refractivity contribution is -0.142. The minimum absolute atomic E-state index is 0.261. The van der Waals surface area contributed by atoms with Crippen LogP contribution in [0.5, 0.6) is 0 Å². The molecular formula is C17H23N3O3S. The lowest BCUT2D eigenvalue weighted by Crippen LogP contribution is -2.51. The van der Waals surface area contributed by atoms with Crippen molar-refractivity contribution in [1.29, 1.82) is 0 Å². The Morgan fingerprint density at radius 3 is 2.46 bits per heavy atom. The highest BCUT2D eigenvalue weighted by molar-refractivity contribution is 7.15. The molecule has 7 heteroatoms. The van der Waals surface area contributed by atoms with Gasteiger partial charge in [0.15, 0.2) is 5.13 Å². The lowest BCUT2D eigenvalue weighted by Gasteiger charge is -2.38. The smallest absolute Gasteiger partial charge is 0.306 e. The van der Waals surface area contributed by atoms with Gasteiger partial charge < -0.3 is 14.9 Å². The molecule has 0 radical (unpaired) electrons. The second kappa shape index (κ2) is 6.35. The highest BCUT2D eigenvalue weighted by atomic mass is 32.1. The second-order valence-electron chi connectivity index (χ2n) is 7.08. The van der Waals surface area contributed by atoms with Crippen molar-refractivity contribution in [3.05, 3.63) is 10.6 Å². The van der Waals surface area contributed by atoms with E-state index in [1.165, 1.54) is 6.42 Å². The van der Waals surface area contributed by atoms with Crippen molar-refractivity contribution in [3.8, 4) is 0 Å². The van der Waals surface area contributed by atoms with Gasteiger partial charge in [0.25, 0.3) is 0 Å². The molecule has 1 amide bonds. The number of rotatable bonds is 3. The van der Waals surface area contributed by atoms with Crippen LogP contribution in [0.3, 0.4) is 0 Å². The molecule has 0 aromatic carbocycles. The number of carboxylic acids is 1. The third-order valence-corrected chi connectivity index (χ3v) is 6.77. The van der Waals surface area contributed by atoms with Crippen molar-refractivity contribution in [3.63, 3.8) is 0 Å². The van der Waals surface area contributed by atoms with Crippen molar-refractivity contribution in [2.75, 3.05) is 31.1 Å². The van der Waals surface area contributed by atoms with Gasteiger partial charge in [-0.1, -0.05) is 6.42 Å². The third-order valence-electron chi connectivity index (χ3n) is 5.59. The fourth-order valence-electron chi connectivity index (χ4n) is 3.74. The molecule has 6 nitrogen and oxygen atoms in total. The van der Waals surface area contributed by atoms with E-state index >= 15 is 0 Å². The highest BCUT2D eigenvalue weighted by Gasteiger charge is 2.32. The molecule has 0 unspecified atom stereocenters. The molecule has 1 aromatic rings. The monoisotopic (exact) mass is 349 g/mol. The number of amides is 1. The zero-order chi connectivity index (χ0) is 16.7. The van der Waals surface area contributed by atoms with Crippen molar-refractivity contribution in [2.24, 2.45) is 11.8 Å². The number of nitrogens with zero attached hydrogens (tertiary/aromatic N) is 3. The number of carboxylic acid groups (broad SMARTS) is 1. The Balaban J connectivity index is 1.38. The van der Waals surface area contributed by atoms with E-state index in [1.807, 2.05) is 4.90 Å². The summed E-state index contributed by atoms with van der Waals surface area (Å²) in [4.78, 5) is 33.7. The molecule has 2 fully saturated rings. The van der Waals surface area contributed by atoms with E-state index in [9.17, 15) is 14.7 Å². The van der Waals surface area contributed by atoms with Crippen LogP contribution in [0.25, 0.3) is 0 Å². The summed E-state index contributed by atoms with van der Waals surface area (Å²) < 4.78 is 0. The number of hydrogen-bond acceptors (Lipinski definition) is 5. The van der Waals surface area contributed by atoms with Gasteiger partial charge in [-0.15, -0.1) is 11.3 Å². The number of aromatic nitrogens is 1. The maximum absolute atomic E-state index is 12.3. The van der Waals surface area contributed by atoms with Crippen LogP contribution >= 0.6 is 11.3 Å². The Morgan fingerprint density at radius 2 is 1.83 bits per heavy atom. The average molecular weight is 349 g/mol. The van der Waals surface area contributed by atoms with Gasteiger partial charge in [0.2, 0.25) is 5.91 Å². The summed E-state index contributed by atoms with van der Waals surface area (Å²) in [5.74, 6) is -0.346. The minimum Gasteiger partial charge on any atom is -0.481 e. The first-order valence-corrected chi connectivity index (χ1v) is 9.68. The Morgan fingerprint density at radius 1 is 1.08 bits per heavy atom. The van der Waals surface area contributed by atoms with E-state index in [0.29, 0.717) is 18.7 Å². The van der Waals surface area contributed by atoms with Gasteiger partial charge in [-0.25, -0.2) is 4.98 Å². The fourth-order valence-corrected chi connectivity index (χ4v) is 4.98. The fraction of sp³-hybridized carbons (Fsp3) is 0.706. The molecule has 1 N–H and O–H groups in total. The molecule has 1 saturated carbocycles. The zero-order valence-electron chi connectivity index (χ0n) is 13.7. The normalized spacial score (nSPS) is 24.4. The van der Waals surface area contributed by atoms with Gasteiger partial charge in [0, 0.05) is 37.0 Å². The van der Waals surface area contributed by atoms with Crippen molar-refractivity contribution >= 4 is 28.3 Å². The Bertz CT molecular complexity index is 648. The van der Waals surface area contributed by atoms with Crippen LogP contribution in [0.1, 0.15) is 36.3 Å². The van der Waals surface area contributed by atoms with Crippen LogP contribution in [0.2, 0.25) is 0 Å². The van der Waals surface area contributed by atoms with E-state index in [-0.39, 0.29) is 11.8 Å². The number of piperazine rings is 1. The maximum Gasteiger partial charge on any atom is 0.306 e. The number of carbonyl (C=O) groups excluding carboxylic acids is 1. The molecule has 24 heavy (non-hydrogen) atoms. The quantitative estimate of drug-likeness (QED) is 0.900. The second-order valence-corrected chi connectivity index (χ2v) is 8.15. The summed E-state index contributed by atoms with van der Waals surface area (Å²) in [6.07, 6.45) is 5.38. The van der Waals surface area contributed by atoms with E-state index in [2.05, 4.69) is 4.90 Å². The number of aryl methyl sites for hydroxylation is 1. The van der Waals surface area contributed by atoms with Crippen LogP contribution in [-0.2, 0) is 22.4 Å². The van der Waals surface area contributed by atoms with Crippen LogP contribution in [0, 0.1) is 11.8 Å². The van der Waals surface area contributed by atoms with Gasteiger partial charge in [-0.3, -0.25) is 9.59 Å². The predicted octanol–water partition coefficient (Wildman–Crippen LogP) is 1.78. The number of aliphatic carboxylic acids is 1. The minimum atomic E-state index is -0.696. The summed E-state index contributed by atoms with van der Waals surface area (Å²) >= 11 is 1.64. The summed E-state index contributed by atoms with van der Waals surface area (Å²) in [5, 5.41) is 10.2. The van der Waals surface area contributed by atoms with Gasteiger partial charge >= 0.3 is 5.97 Å². The molecular weight excluding hydrogens is 326 g/mol. The van der Waals surface area contributed by atoms with Crippen molar-refractivity contribution < 1.29 is 14.7 Å². The highest BCUT2D eigenvalue weighted by Crippen LogP contribution is 2.35. The first kappa shape index (κ1) is 15.9. The molecule has 1 aromatic heterocycles. The van der Waals surface area contributed by atoms with E-state index in [1.54, 1.807) is 11.3 Å². The number of hydrogen-bond donors (Lipinski definition) is 1. The summed E-state index contributed by atoms with van der Waals surface area (Å²) in [5.41, 5.74) is 1.08. The standard InChI is InChI=1S/C17H23N3O3S/c21-15(11-2-1-3-11)19-6-8-20(9-7-19)17-18-13-5-4-12(16(22)23)10-14(13)24-17/h11-12H,1-10H2,(H,22,23)/t12-/m1/s1. The first-order valence-electron chi connectivity index (χ1n) is 8.87. The Kier molecular flexibility index (Phi) is 4.20. The molecule has 1 saturated heterocycles. The number of fused-ring (bicyclic) bond motifs is 1. The topological polar surface area (TPSA) is 73.7 Å². The molecule has 1 aliphatic heterocycles. The van der Waals surface area contributed by atoms with E-state index in [0.717, 1.165) is 61.1 Å². The molecule has 0 bridgehead atoms. The Labute approximate surface area is 145 Å². The van der Waals surface area contributed by atoms with Gasteiger partial charge in [-0.05, 0) is 32.1 Å². The maximum atomic E-state index is 12.3. The summed E-state index contributed by atoms with van der Waals surface area (Å²) in [6, 6.07) is 0. The number of carbonyl (C=O) groups is 2. The zero-order valence-corrected chi connectivity index (χ0v) is 14.6.